The first-order valence-corrected chi connectivity index (χ1v) is 8.22. The summed E-state index contributed by atoms with van der Waals surface area (Å²) >= 11 is 0. The van der Waals surface area contributed by atoms with Gasteiger partial charge in [0.2, 0.25) is 18.6 Å². The molecule has 2 amide bonds. The standard InChI is InChI=1S/C17H20N2O5/c1-11-9-22-5-4-18(11)17(21)12-6-16(20)19(8-12)13-2-3-14-15(7-13)24-10-23-14/h2-3,7,11-12H,4-6,8-10H2,1H3/t11-,12-/m0/s1. The fraction of sp³-hybridized carbons (Fsp3) is 0.529. The number of hydrogen-bond acceptors (Lipinski definition) is 5. The molecule has 3 heterocycles. The third-order valence-electron chi connectivity index (χ3n) is 4.79. The number of anilines is 1. The topological polar surface area (TPSA) is 68.3 Å². The number of carbonyl (C=O) groups excluding carboxylic acids is 2. The molecule has 0 aromatic heterocycles. The minimum absolute atomic E-state index is 0.0341. The number of amides is 2. The van der Waals surface area contributed by atoms with Gasteiger partial charge in [0.25, 0.3) is 0 Å². The molecule has 0 N–H and O–H groups in total. The van der Waals surface area contributed by atoms with Gasteiger partial charge < -0.3 is 24.0 Å². The molecule has 2 saturated heterocycles. The summed E-state index contributed by atoms with van der Waals surface area (Å²) in [4.78, 5) is 28.7. The summed E-state index contributed by atoms with van der Waals surface area (Å²) in [6.07, 6.45) is 0.247. The molecule has 0 spiro atoms. The molecule has 4 rings (SSSR count). The van der Waals surface area contributed by atoms with Gasteiger partial charge in [-0.3, -0.25) is 9.59 Å². The largest absolute Gasteiger partial charge is 0.454 e. The zero-order valence-electron chi connectivity index (χ0n) is 13.6. The molecular formula is C17H20N2O5. The highest BCUT2D eigenvalue weighted by Gasteiger charge is 2.39. The monoisotopic (exact) mass is 332 g/mol. The molecule has 0 aliphatic carbocycles. The van der Waals surface area contributed by atoms with Gasteiger partial charge in [-0.1, -0.05) is 0 Å². The Bertz CT molecular complexity index is 677. The molecule has 2 fully saturated rings. The average Bonchev–Trinajstić information content (AvgIpc) is 3.20. The lowest BCUT2D eigenvalue weighted by molar-refractivity contribution is -0.143. The second-order valence-corrected chi connectivity index (χ2v) is 6.40. The Morgan fingerprint density at radius 1 is 1.25 bits per heavy atom. The second kappa shape index (κ2) is 5.98. The Morgan fingerprint density at radius 2 is 2.08 bits per heavy atom. The Kier molecular flexibility index (Phi) is 3.80. The van der Waals surface area contributed by atoms with Crippen molar-refractivity contribution in [2.24, 2.45) is 5.92 Å². The van der Waals surface area contributed by atoms with Crippen molar-refractivity contribution in [1.29, 1.82) is 0 Å². The van der Waals surface area contributed by atoms with Gasteiger partial charge in [0.1, 0.15) is 0 Å². The maximum Gasteiger partial charge on any atom is 0.231 e. The van der Waals surface area contributed by atoms with Crippen LogP contribution in [-0.2, 0) is 14.3 Å². The van der Waals surface area contributed by atoms with Gasteiger partial charge in [-0.15, -0.1) is 0 Å². The second-order valence-electron chi connectivity index (χ2n) is 6.40. The highest BCUT2D eigenvalue weighted by atomic mass is 16.7. The first-order chi connectivity index (χ1) is 11.6. The third kappa shape index (κ3) is 2.58. The van der Waals surface area contributed by atoms with E-state index in [4.69, 9.17) is 14.2 Å². The van der Waals surface area contributed by atoms with Crippen molar-refractivity contribution in [3.05, 3.63) is 18.2 Å². The highest BCUT2D eigenvalue weighted by Crippen LogP contribution is 2.37. The maximum atomic E-state index is 12.8. The first-order valence-electron chi connectivity index (χ1n) is 8.22. The molecule has 0 unspecified atom stereocenters. The summed E-state index contributed by atoms with van der Waals surface area (Å²) in [7, 11) is 0. The van der Waals surface area contributed by atoms with Crippen molar-refractivity contribution in [2.45, 2.75) is 19.4 Å². The van der Waals surface area contributed by atoms with Gasteiger partial charge in [-0.25, -0.2) is 0 Å². The summed E-state index contributed by atoms with van der Waals surface area (Å²) in [6.45, 7) is 4.28. The van der Waals surface area contributed by atoms with Crippen LogP contribution in [0.2, 0.25) is 0 Å². The summed E-state index contributed by atoms with van der Waals surface area (Å²) in [5.74, 6) is 1.02. The Hall–Kier alpha value is -2.28. The SMILES string of the molecule is C[C@H]1COCCN1C(=O)[C@H]1CC(=O)N(c2ccc3c(c2)OCO3)C1. The van der Waals surface area contributed by atoms with E-state index in [2.05, 4.69) is 0 Å². The van der Waals surface area contributed by atoms with Crippen LogP contribution >= 0.6 is 0 Å². The minimum atomic E-state index is -0.302. The van der Waals surface area contributed by atoms with E-state index >= 15 is 0 Å². The molecule has 0 bridgehead atoms. The molecule has 2 atom stereocenters. The average molecular weight is 332 g/mol. The number of rotatable bonds is 2. The molecular weight excluding hydrogens is 312 g/mol. The van der Waals surface area contributed by atoms with E-state index in [1.165, 1.54) is 0 Å². The van der Waals surface area contributed by atoms with Crippen molar-refractivity contribution in [3.8, 4) is 11.5 Å². The van der Waals surface area contributed by atoms with Gasteiger partial charge in [0, 0.05) is 31.3 Å². The quantitative estimate of drug-likeness (QED) is 0.809. The summed E-state index contributed by atoms with van der Waals surface area (Å²) in [6, 6.07) is 5.48. The van der Waals surface area contributed by atoms with Gasteiger partial charge in [0.15, 0.2) is 11.5 Å². The van der Waals surface area contributed by atoms with E-state index in [1.807, 2.05) is 17.9 Å². The van der Waals surface area contributed by atoms with Crippen LogP contribution in [0.4, 0.5) is 5.69 Å². The molecule has 0 radical (unpaired) electrons. The summed E-state index contributed by atoms with van der Waals surface area (Å²) < 4.78 is 16.0. The molecule has 7 heteroatoms. The van der Waals surface area contributed by atoms with Gasteiger partial charge in [-0.05, 0) is 19.1 Å². The van der Waals surface area contributed by atoms with Crippen molar-refractivity contribution < 1.29 is 23.8 Å². The van der Waals surface area contributed by atoms with Crippen molar-refractivity contribution >= 4 is 17.5 Å². The van der Waals surface area contributed by atoms with Crippen molar-refractivity contribution in [2.75, 3.05) is 38.0 Å². The molecule has 1 aromatic carbocycles. The number of morpholine rings is 1. The minimum Gasteiger partial charge on any atom is -0.454 e. The Morgan fingerprint density at radius 3 is 2.92 bits per heavy atom. The van der Waals surface area contributed by atoms with E-state index in [-0.39, 0.29) is 37.0 Å². The van der Waals surface area contributed by atoms with Gasteiger partial charge >= 0.3 is 0 Å². The van der Waals surface area contributed by atoms with E-state index in [0.717, 1.165) is 5.69 Å². The number of fused-ring (bicyclic) bond motifs is 1. The number of ether oxygens (including phenoxy) is 3. The lowest BCUT2D eigenvalue weighted by Crippen LogP contribution is -2.49. The zero-order valence-corrected chi connectivity index (χ0v) is 13.6. The van der Waals surface area contributed by atoms with E-state index in [9.17, 15) is 9.59 Å². The Labute approximate surface area is 140 Å². The van der Waals surface area contributed by atoms with Crippen LogP contribution in [0.5, 0.6) is 11.5 Å². The van der Waals surface area contributed by atoms with Crippen LogP contribution in [0.25, 0.3) is 0 Å². The fourth-order valence-corrected chi connectivity index (χ4v) is 3.46. The predicted molar refractivity (Wildman–Crippen MR) is 85.0 cm³/mol. The van der Waals surface area contributed by atoms with Crippen molar-refractivity contribution in [3.63, 3.8) is 0 Å². The van der Waals surface area contributed by atoms with Crippen LogP contribution in [0, 0.1) is 5.92 Å². The molecule has 24 heavy (non-hydrogen) atoms. The molecule has 128 valence electrons. The highest BCUT2D eigenvalue weighted by molar-refractivity contribution is 6.00. The summed E-state index contributed by atoms with van der Waals surface area (Å²) in [5.41, 5.74) is 0.745. The van der Waals surface area contributed by atoms with Crippen LogP contribution in [0.3, 0.4) is 0 Å². The number of carbonyl (C=O) groups is 2. The maximum absolute atomic E-state index is 12.8. The van der Waals surface area contributed by atoms with E-state index in [0.29, 0.717) is 37.8 Å². The molecule has 3 aliphatic rings. The van der Waals surface area contributed by atoms with Crippen LogP contribution in [0.15, 0.2) is 18.2 Å². The first kappa shape index (κ1) is 15.3. The summed E-state index contributed by atoms with van der Waals surface area (Å²) in [5, 5.41) is 0. The Balaban J connectivity index is 1.49. The number of nitrogens with zero attached hydrogens (tertiary/aromatic N) is 2. The van der Waals surface area contributed by atoms with E-state index in [1.54, 1.807) is 17.0 Å². The lowest BCUT2D eigenvalue weighted by Gasteiger charge is -2.34. The number of benzene rings is 1. The van der Waals surface area contributed by atoms with Gasteiger partial charge in [-0.2, -0.15) is 0 Å². The van der Waals surface area contributed by atoms with Crippen LogP contribution < -0.4 is 14.4 Å². The third-order valence-corrected chi connectivity index (χ3v) is 4.79. The zero-order chi connectivity index (χ0) is 16.7. The molecule has 1 aromatic rings. The predicted octanol–water partition coefficient (Wildman–Crippen LogP) is 1.02. The van der Waals surface area contributed by atoms with Crippen LogP contribution in [-0.4, -0.2) is 55.9 Å². The number of hydrogen-bond donors (Lipinski definition) is 0. The van der Waals surface area contributed by atoms with Crippen LogP contribution in [0.1, 0.15) is 13.3 Å². The smallest absolute Gasteiger partial charge is 0.231 e. The van der Waals surface area contributed by atoms with Gasteiger partial charge in [0.05, 0.1) is 25.2 Å². The van der Waals surface area contributed by atoms with Crippen molar-refractivity contribution in [1.82, 2.24) is 4.90 Å². The molecule has 7 nitrogen and oxygen atoms in total. The fourth-order valence-electron chi connectivity index (χ4n) is 3.46. The normalized spacial score (nSPS) is 26.1. The van der Waals surface area contributed by atoms with E-state index < -0.39 is 0 Å². The molecule has 0 saturated carbocycles. The lowest BCUT2D eigenvalue weighted by atomic mass is 10.1. The molecule has 3 aliphatic heterocycles.